The van der Waals surface area contributed by atoms with E-state index in [0.29, 0.717) is 6.42 Å². The highest BCUT2D eigenvalue weighted by Gasteiger charge is 2.11. The van der Waals surface area contributed by atoms with Crippen LogP contribution in [0.3, 0.4) is 0 Å². The molecule has 1 aromatic carbocycles. The van der Waals surface area contributed by atoms with Crippen molar-refractivity contribution >= 4 is 28.6 Å². The number of carbonyl (C=O) groups excluding carboxylic acids is 1. The fourth-order valence-electron chi connectivity index (χ4n) is 2.44. The summed E-state index contributed by atoms with van der Waals surface area (Å²) in [5.41, 5.74) is 2.80. The molecular weight excluding hydrogens is 298 g/mol. The van der Waals surface area contributed by atoms with Crippen LogP contribution in [0.4, 0.5) is 11.4 Å². The molecule has 1 fully saturated rings. The first-order chi connectivity index (χ1) is 10.7. The van der Waals surface area contributed by atoms with Gasteiger partial charge in [0, 0.05) is 29.8 Å². The number of thiazole rings is 1. The Morgan fingerprint density at radius 3 is 2.68 bits per heavy atom. The molecule has 2 heterocycles. The number of hydrogen-bond donors (Lipinski definition) is 1. The van der Waals surface area contributed by atoms with Gasteiger partial charge in [-0.25, -0.2) is 4.98 Å². The topological polar surface area (TPSA) is 54.5 Å². The molecule has 0 radical (unpaired) electrons. The van der Waals surface area contributed by atoms with Gasteiger partial charge in [-0.2, -0.15) is 0 Å². The van der Waals surface area contributed by atoms with Crippen molar-refractivity contribution in [2.45, 2.75) is 13.3 Å². The van der Waals surface area contributed by atoms with Crippen LogP contribution in [0.2, 0.25) is 0 Å². The first-order valence-electron chi connectivity index (χ1n) is 7.34. The zero-order valence-electron chi connectivity index (χ0n) is 12.5. The number of ether oxygens (including phenoxy) is 1. The lowest BCUT2D eigenvalue weighted by Gasteiger charge is -2.28. The Bertz CT molecular complexity index is 633. The second-order valence-corrected chi connectivity index (χ2v) is 6.29. The summed E-state index contributed by atoms with van der Waals surface area (Å²) >= 11 is 1.56. The van der Waals surface area contributed by atoms with Crippen LogP contribution in [0.25, 0.3) is 0 Å². The SMILES string of the molecule is Cc1nc(CC(=O)Nc2ccc(N3CCOCC3)cc2)cs1. The van der Waals surface area contributed by atoms with Gasteiger partial charge < -0.3 is 15.0 Å². The zero-order valence-corrected chi connectivity index (χ0v) is 13.4. The molecule has 0 bridgehead atoms. The fourth-order valence-corrected chi connectivity index (χ4v) is 3.05. The largest absolute Gasteiger partial charge is 0.378 e. The summed E-state index contributed by atoms with van der Waals surface area (Å²) in [6.45, 7) is 5.30. The molecular formula is C16H19N3O2S. The van der Waals surface area contributed by atoms with Crippen LogP contribution in [-0.4, -0.2) is 37.2 Å². The molecule has 1 aliphatic heterocycles. The number of morpholine rings is 1. The summed E-state index contributed by atoms with van der Waals surface area (Å²) in [6, 6.07) is 7.95. The normalized spacial score (nSPS) is 14.9. The van der Waals surface area contributed by atoms with Crippen molar-refractivity contribution in [1.82, 2.24) is 4.98 Å². The van der Waals surface area contributed by atoms with E-state index in [9.17, 15) is 4.79 Å². The van der Waals surface area contributed by atoms with E-state index >= 15 is 0 Å². The highest BCUT2D eigenvalue weighted by Crippen LogP contribution is 2.19. The number of aromatic nitrogens is 1. The van der Waals surface area contributed by atoms with Crippen molar-refractivity contribution in [3.8, 4) is 0 Å². The van der Waals surface area contributed by atoms with Crippen LogP contribution in [-0.2, 0) is 16.0 Å². The molecule has 1 N–H and O–H groups in total. The number of amides is 1. The lowest BCUT2D eigenvalue weighted by molar-refractivity contribution is -0.115. The van der Waals surface area contributed by atoms with E-state index in [0.717, 1.165) is 48.4 Å². The summed E-state index contributed by atoms with van der Waals surface area (Å²) in [4.78, 5) is 18.6. The minimum absolute atomic E-state index is 0.0376. The molecule has 5 nitrogen and oxygen atoms in total. The molecule has 0 aliphatic carbocycles. The van der Waals surface area contributed by atoms with E-state index in [1.54, 1.807) is 11.3 Å². The molecule has 1 amide bonds. The Morgan fingerprint density at radius 2 is 2.05 bits per heavy atom. The van der Waals surface area contributed by atoms with Crippen molar-refractivity contribution < 1.29 is 9.53 Å². The van der Waals surface area contributed by atoms with Crippen LogP contribution in [0.1, 0.15) is 10.7 Å². The van der Waals surface area contributed by atoms with Crippen LogP contribution < -0.4 is 10.2 Å². The molecule has 1 aliphatic rings. The third-order valence-electron chi connectivity index (χ3n) is 3.54. The number of hydrogen-bond acceptors (Lipinski definition) is 5. The number of nitrogens with one attached hydrogen (secondary N) is 1. The Hall–Kier alpha value is -1.92. The number of benzene rings is 1. The lowest BCUT2D eigenvalue weighted by Crippen LogP contribution is -2.36. The Balaban J connectivity index is 1.57. The standard InChI is InChI=1S/C16H19N3O2S/c1-12-17-14(11-22-12)10-16(20)18-13-2-4-15(5-3-13)19-6-8-21-9-7-19/h2-5,11H,6-10H2,1H3,(H,18,20). The quantitative estimate of drug-likeness (QED) is 0.941. The molecule has 22 heavy (non-hydrogen) atoms. The number of anilines is 2. The minimum atomic E-state index is -0.0376. The van der Waals surface area contributed by atoms with Gasteiger partial charge in [0.25, 0.3) is 0 Å². The van der Waals surface area contributed by atoms with Gasteiger partial charge in [0.2, 0.25) is 5.91 Å². The average molecular weight is 317 g/mol. The molecule has 1 aromatic heterocycles. The lowest BCUT2D eigenvalue weighted by atomic mass is 10.2. The maximum atomic E-state index is 12.0. The molecule has 2 aromatic rings. The van der Waals surface area contributed by atoms with Gasteiger partial charge in [-0.1, -0.05) is 0 Å². The molecule has 0 atom stereocenters. The maximum Gasteiger partial charge on any atom is 0.230 e. The zero-order chi connectivity index (χ0) is 15.4. The summed E-state index contributed by atoms with van der Waals surface area (Å²) in [7, 11) is 0. The Kier molecular flexibility index (Phi) is 4.70. The van der Waals surface area contributed by atoms with E-state index in [1.807, 2.05) is 36.6 Å². The van der Waals surface area contributed by atoms with E-state index in [2.05, 4.69) is 15.2 Å². The third-order valence-corrected chi connectivity index (χ3v) is 4.36. The first-order valence-corrected chi connectivity index (χ1v) is 8.22. The van der Waals surface area contributed by atoms with Crippen LogP contribution in [0.15, 0.2) is 29.6 Å². The summed E-state index contributed by atoms with van der Waals surface area (Å²) in [5, 5.41) is 5.82. The molecule has 0 saturated carbocycles. The Morgan fingerprint density at radius 1 is 1.32 bits per heavy atom. The molecule has 0 spiro atoms. The average Bonchev–Trinajstić information content (AvgIpc) is 2.94. The molecule has 116 valence electrons. The van der Waals surface area contributed by atoms with Crippen LogP contribution >= 0.6 is 11.3 Å². The van der Waals surface area contributed by atoms with Gasteiger partial charge in [0.15, 0.2) is 0 Å². The molecule has 6 heteroatoms. The second kappa shape index (κ2) is 6.89. The minimum Gasteiger partial charge on any atom is -0.378 e. The van der Waals surface area contributed by atoms with E-state index < -0.39 is 0 Å². The number of aryl methyl sites for hydroxylation is 1. The van der Waals surface area contributed by atoms with Crippen LogP contribution in [0.5, 0.6) is 0 Å². The summed E-state index contributed by atoms with van der Waals surface area (Å²) < 4.78 is 5.35. The van der Waals surface area contributed by atoms with Gasteiger partial charge in [-0.15, -0.1) is 11.3 Å². The van der Waals surface area contributed by atoms with Crippen molar-refractivity contribution in [3.05, 3.63) is 40.3 Å². The number of rotatable bonds is 4. The Labute approximate surface area is 133 Å². The summed E-state index contributed by atoms with van der Waals surface area (Å²) in [6.07, 6.45) is 0.315. The van der Waals surface area contributed by atoms with E-state index in [4.69, 9.17) is 4.74 Å². The van der Waals surface area contributed by atoms with Gasteiger partial charge in [-0.3, -0.25) is 4.79 Å². The van der Waals surface area contributed by atoms with E-state index in [1.165, 1.54) is 0 Å². The number of nitrogens with zero attached hydrogens (tertiary/aromatic N) is 2. The monoisotopic (exact) mass is 317 g/mol. The highest BCUT2D eigenvalue weighted by atomic mass is 32.1. The molecule has 3 rings (SSSR count). The van der Waals surface area contributed by atoms with Gasteiger partial charge in [-0.05, 0) is 31.2 Å². The predicted octanol–water partition coefficient (Wildman–Crippen LogP) is 2.47. The highest BCUT2D eigenvalue weighted by molar-refractivity contribution is 7.09. The van der Waals surface area contributed by atoms with Gasteiger partial charge >= 0.3 is 0 Å². The second-order valence-electron chi connectivity index (χ2n) is 5.23. The van der Waals surface area contributed by atoms with Gasteiger partial charge in [0.1, 0.15) is 0 Å². The van der Waals surface area contributed by atoms with Crippen molar-refractivity contribution in [1.29, 1.82) is 0 Å². The fraction of sp³-hybridized carbons (Fsp3) is 0.375. The van der Waals surface area contributed by atoms with Crippen molar-refractivity contribution in [2.24, 2.45) is 0 Å². The summed E-state index contributed by atoms with van der Waals surface area (Å²) in [5.74, 6) is -0.0376. The number of carbonyl (C=O) groups is 1. The van der Waals surface area contributed by atoms with E-state index in [-0.39, 0.29) is 5.91 Å². The van der Waals surface area contributed by atoms with Crippen LogP contribution in [0, 0.1) is 6.92 Å². The van der Waals surface area contributed by atoms with Gasteiger partial charge in [0.05, 0.1) is 30.3 Å². The molecule has 1 saturated heterocycles. The molecule has 0 unspecified atom stereocenters. The first kappa shape index (κ1) is 15.0. The predicted molar refractivity (Wildman–Crippen MR) is 88.7 cm³/mol. The van der Waals surface area contributed by atoms with Crippen molar-refractivity contribution in [2.75, 3.05) is 36.5 Å². The smallest absolute Gasteiger partial charge is 0.230 e. The van der Waals surface area contributed by atoms with Crippen molar-refractivity contribution in [3.63, 3.8) is 0 Å². The third kappa shape index (κ3) is 3.84. The maximum absolute atomic E-state index is 12.0.